The first-order valence-corrected chi connectivity index (χ1v) is 7.10. The fourth-order valence-electron chi connectivity index (χ4n) is 2.84. The van der Waals surface area contributed by atoms with E-state index in [1.54, 1.807) is 6.20 Å². The molecule has 0 bridgehead atoms. The molecule has 1 amide bonds. The number of likely N-dealkylation sites (N-methyl/N-ethyl adjacent to an activating group) is 1. The monoisotopic (exact) mass is 341 g/mol. The molecule has 22 heavy (non-hydrogen) atoms. The first-order valence-electron chi connectivity index (χ1n) is 7.10. The second kappa shape index (κ2) is 8.32. The van der Waals surface area contributed by atoms with Crippen LogP contribution >= 0.6 is 24.8 Å². The quantitative estimate of drug-likeness (QED) is 0.913. The van der Waals surface area contributed by atoms with Crippen molar-refractivity contribution in [1.82, 2.24) is 15.2 Å². The number of nitrogens with zero attached hydrogens (tertiary/aromatic N) is 2. The minimum atomic E-state index is 0. The van der Waals surface area contributed by atoms with E-state index in [1.165, 1.54) is 0 Å². The molecule has 1 N–H and O–H groups in total. The van der Waals surface area contributed by atoms with E-state index in [9.17, 15) is 4.79 Å². The van der Waals surface area contributed by atoms with Crippen LogP contribution in [0.15, 0.2) is 36.5 Å². The van der Waals surface area contributed by atoms with Gasteiger partial charge in [-0.2, -0.15) is 0 Å². The van der Waals surface area contributed by atoms with Gasteiger partial charge in [0.2, 0.25) is 0 Å². The normalized spacial score (nSPS) is 17.5. The standard InChI is InChI=1S/C16H19N3O.2ClH/c1-17-13-7-4-10-19(11-13)16(20)14-8-2-5-12-6-3-9-18-15(12)14;;/h2-3,5-6,8-9,13,17H,4,7,10-11H2,1H3;2*1H. The van der Waals surface area contributed by atoms with Crippen LogP contribution in [0.1, 0.15) is 23.2 Å². The zero-order valence-corrected chi connectivity index (χ0v) is 14.1. The third-order valence-electron chi connectivity index (χ3n) is 3.98. The number of nitrogens with one attached hydrogen (secondary N) is 1. The highest BCUT2D eigenvalue weighted by Gasteiger charge is 2.24. The number of hydrogen-bond acceptors (Lipinski definition) is 3. The van der Waals surface area contributed by atoms with E-state index in [1.807, 2.05) is 42.3 Å². The molecule has 0 saturated carbocycles. The third kappa shape index (κ3) is 3.69. The summed E-state index contributed by atoms with van der Waals surface area (Å²) in [6, 6.07) is 10.1. The maximum Gasteiger partial charge on any atom is 0.256 e. The van der Waals surface area contributed by atoms with Crippen LogP contribution in [0.4, 0.5) is 0 Å². The van der Waals surface area contributed by atoms with Crippen LogP contribution in [0.3, 0.4) is 0 Å². The minimum absolute atomic E-state index is 0. The summed E-state index contributed by atoms with van der Waals surface area (Å²) in [5, 5.41) is 4.28. The molecule has 1 aromatic carbocycles. The molecule has 0 radical (unpaired) electrons. The van der Waals surface area contributed by atoms with Crippen LogP contribution in [0.25, 0.3) is 10.9 Å². The average Bonchev–Trinajstić information content (AvgIpc) is 2.53. The van der Waals surface area contributed by atoms with Crippen molar-refractivity contribution >= 4 is 41.6 Å². The second-order valence-electron chi connectivity index (χ2n) is 5.26. The Morgan fingerprint density at radius 2 is 2.05 bits per heavy atom. The molecule has 2 heterocycles. The molecule has 3 rings (SSSR count). The molecule has 2 aromatic rings. The van der Waals surface area contributed by atoms with Gasteiger partial charge in [0, 0.05) is 30.7 Å². The fraction of sp³-hybridized carbons (Fsp3) is 0.375. The van der Waals surface area contributed by atoms with Crippen molar-refractivity contribution in [3.63, 3.8) is 0 Å². The largest absolute Gasteiger partial charge is 0.337 e. The summed E-state index contributed by atoms with van der Waals surface area (Å²) in [4.78, 5) is 19.0. The van der Waals surface area contributed by atoms with Crippen molar-refractivity contribution in [2.45, 2.75) is 18.9 Å². The van der Waals surface area contributed by atoms with Gasteiger partial charge in [-0.05, 0) is 32.0 Å². The van der Waals surface area contributed by atoms with E-state index < -0.39 is 0 Å². The molecule has 1 aliphatic rings. The molecule has 1 aliphatic heterocycles. The number of likely N-dealkylation sites (tertiary alicyclic amines) is 1. The van der Waals surface area contributed by atoms with Crippen LogP contribution in [0.5, 0.6) is 0 Å². The summed E-state index contributed by atoms with van der Waals surface area (Å²) in [7, 11) is 1.96. The topological polar surface area (TPSA) is 45.2 Å². The Morgan fingerprint density at radius 1 is 1.27 bits per heavy atom. The molecule has 120 valence electrons. The summed E-state index contributed by atoms with van der Waals surface area (Å²) in [6.45, 7) is 1.61. The van der Waals surface area contributed by atoms with Crippen LogP contribution < -0.4 is 5.32 Å². The second-order valence-corrected chi connectivity index (χ2v) is 5.26. The Balaban J connectivity index is 0.00000121. The molecule has 1 unspecified atom stereocenters. The van der Waals surface area contributed by atoms with Gasteiger partial charge in [0.1, 0.15) is 0 Å². The number of carbonyl (C=O) groups excluding carboxylic acids is 1. The fourth-order valence-corrected chi connectivity index (χ4v) is 2.84. The van der Waals surface area contributed by atoms with Gasteiger partial charge in [0.05, 0.1) is 11.1 Å². The van der Waals surface area contributed by atoms with Gasteiger partial charge in [-0.3, -0.25) is 9.78 Å². The summed E-state index contributed by atoms with van der Waals surface area (Å²) in [6.07, 6.45) is 3.93. The predicted octanol–water partition coefficient (Wildman–Crippen LogP) is 2.90. The highest BCUT2D eigenvalue weighted by Crippen LogP contribution is 2.20. The summed E-state index contributed by atoms with van der Waals surface area (Å²) in [5.41, 5.74) is 1.51. The van der Waals surface area contributed by atoms with Crippen LogP contribution in [-0.2, 0) is 0 Å². The zero-order chi connectivity index (χ0) is 13.9. The molecular formula is C16H21Cl2N3O. The number of benzene rings is 1. The van der Waals surface area contributed by atoms with Gasteiger partial charge in [-0.25, -0.2) is 0 Å². The van der Waals surface area contributed by atoms with Crippen molar-refractivity contribution in [2.75, 3.05) is 20.1 Å². The molecule has 6 heteroatoms. The van der Waals surface area contributed by atoms with Gasteiger partial charge < -0.3 is 10.2 Å². The lowest BCUT2D eigenvalue weighted by Crippen LogP contribution is -2.47. The molecule has 1 fully saturated rings. The molecule has 4 nitrogen and oxygen atoms in total. The van der Waals surface area contributed by atoms with E-state index in [2.05, 4.69) is 10.3 Å². The van der Waals surface area contributed by atoms with E-state index in [0.717, 1.165) is 36.8 Å². The first kappa shape index (κ1) is 18.7. The highest BCUT2D eigenvalue weighted by atomic mass is 35.5. The summed E-state index contributed by atoms with van der Waals surface area (Å²) in [5.74, 6) is 0.0919. The van der Waals surface area contributed by atoms with Crippen molar-refractivity contribution in [3.05, 3.63) is 42.1 Å². The zero-order valence-electron chi connectivity index (χ0n) is 12.5. The van der Waals surface area contributed by atoms with Crippen molar-refractivity contribution in [2.24, 2.45) is 0 Å². The Morgan fingerprint density at radius 3 is 2.82 bits per heavy atom. The number of fused-ring (bicyclic) bond motifs is 1. The number of pyridine rings is 1. The number of amides is 1. The lowest BCUT2D eigenvalue weighted by Gasteiger charge is -2.32. The molecule has 1 saturated heterocycles. The summed E-state index contributed by atoms with van der Waals surface area (Å²) < 4.78 is 0. The minimum Gasteiger partial charge on any atom is -0.337 e. The SMILES string of the molecule is CNC1CCCN(C(=O)c2cccc3cccnc23)C1.Cl.Cl. The van der Waals surface area contributed by atoms with E-state index in [-0.39, 0.29) is 30.7 Å². The molecule has 1 atom stereocenters. The maximum atomic E-state index is 12.7. The van der Waals surface area contributed by atoms with E-state index >= 15 is 0 Å². The van der Waals surface area contributed by atoms with Gasteiger partial charge in [-0.1, -0.05) is 18.2 Å². The number of piperidine rings is 1. The third-order valence-corrected chi connectivity index (χ3v) is 3.98. The van der Waals surface area contributed by atoms with E-state index in [0.29, 0.717) is 11.6 Å². The van der Waals surface area contributed by atoms with Crippen molar-refractivity contribution in [3.8, 4) is 0 Å². The number of hydrogen-bond donors (Lipinski definition) is 1. The molecule has 1 aromatic heterocycles. The Labute approximate surface area is 143 Å². The number of para-hydroxylation sites is 1. The molecule has 0 aliphatic carbocycles. The Kier molecular flexibility index (Phi) is 7.07. The molecular weight excluding hydrogens is 321 g/mol. The predicted molar refractivity (Wildman–Crippen MR) is 94.2 cm³/mol. The summed E-state index contributed by atoms with van der Waals surface area (Å²) >= 11 is 0. The Hall–Kier alpha value is -1.36. The smallest absolute Gasteiger partial charge is 0.256 e. The number of aromatic nitrogens is 1. The van der Waals surface area contributed by atoms with Crippen molar-refractivity contribution in [1.29, 1.82) is 0 Å². The first-order chi connectivity index (χ1) is 9.79. The van der Waals surface area contributed by atoms with Crippen molar-refractivity contribution < 1.29 is 4.79 Å². The highest BCUT2D eigenvalue weighted by molar-refractivity contribution is 6.05. The maximum absolute atomic E-state index is 12.7. The van der Waals surface area contributed by atoms with Gasteiger partial charge >= 0.3 is 0 Å². The van der Waals surface area contributed by atoms with Crippen LogP contribution in [-0.4, -0.2) is 42.0 Å². The lowest BCUT2D eigenvalue weighted by molar-refractivity contribution is 0.0700. The van der Waals surface area contributed by atoms with Gasteiger partial charge in [0.15, 0.2) is 0 Å². The number of rotatable bonds is 2. The average molecular weight is 342 g/mol. The van der Waals surface area contributed by atoms with Gasteiger partial charge in [-0.15, -0.1) is 24.8 Å². The van der Waals surface area contributed by atoms with Crippen LogP contribution in [0, 0.1) is 0 Å². The van der Waals surface area contributed by atoms with Crippen LogP contribution in [0.2, 0.25) is 0 Å². The van der Waals surface area contributed by atoms with Gasteiger partial charge in [0.25, 0.3) is 5.91 Å². The van der Waals surface area contributed by atoms with E-state index in [4.69, 9.17) is 0 Å². The number of carbonyl (C=O) groups is 1. The molecule has 0 spiro atoms. The Bertz CT molecular complexity index is 630. The number of halogens is 2. The lowest BCUT2D eigenvalue weighted by atomic mass is 10.0.